The van der Waals surface area contributed by atoms with E-state index in [0.717, 1.165) is 5.76 Å². The Morgan fingerprint density at radius 1 is 1.69 bits per heavy atom. The standard InChI is InChI=1S/C9H14N2O2/c1-6(2)11-8(12)4-9-10-5-7(3)13-9/h5-6H,4H2,1-3H3,(H,11,12). The van der Waals surface area contributed by atoms with Crippen LogP contribution in [0, 0.1) is 6.92 Å². The average Bonchev–Trinajstić information content (AvgIpc) is 2.33. The Morgan fingerprint density at radius 2 is 2.38 bits per heavy atom. The zero-order chi connectivity index (χ0) is 9.84. The number of carbonyl (C=O) groups excluding carboxylic acids is 1. The molecule has 1 amide bonds. The van der Waals surface area contributed by atoms with Gasteiger partial charge in [0.2, 0.25) is 11.8 Å². The number of carbonyl (C=O) groups is 1. The summed E-state index contributed by atoms with van der Waals surface area (Å²) in [4.78, 5) is 15.2. The summed E-state index contributed by atoms with van der Waals surface area (Å²) in [6.07, 6.45) is 1.82. The second-order valence-corrected chi connectivity index (χ2v) is 3.26. The van der Waals surface area contributed by atoms with E-state index < -0.39 is 0 Å². The molecule has 0 aliphatic rings. The predicted molar refractivity (Wildman–Crippen MR) is 48.2 cm³/mol. The van der Waals surface area contributed by atoms with E-state index in [4.69, 9.17) is 4.42 Å². The Hall–Kier alpha value is -1.32. The number of nitrogens with zero attached hydrogens (tertiary/aromatic N) is 1. The van der Waals surface area contributed by atoms with Crippen LogP contribution in [0.15, 0.2) is 10.6 Å². The highest BCUT2D eigenvalue weighted by atomic mass is 16.4. The van der Waals surface area contributed by atoms with Gasteiger partial charge in [0.15, 0.2) is 0 Å². The number of aryl methyl sites for hydroxylation is 1. The summed E-state index contributed by atoms with van der Waals surface area (Å²) in [5.74, 6) is 1.14. The lowest BCUT2D eigenvalue weighted by atomic mass is 10.3. The topological polar surface area (TPSA) is 55.1 Å². The lowest BCUT2D eigenvalue weighted by Gasteiger charge is -2.05. The quantitative estimate of drug-likeness (QED) is 0.760. The van der Waals surface area contributed by atoms with E-state index in [1.54, 1.807) is 13.1 Å². The summed E-state index contributed by atoms with van der Waals surface area (Å²) < 4.78 is 5.16. The first kappa shape index (κ1) is 9.77. The Kier molecular flexibility index (Phi) is 3.06. The molecule has 0 aromatic carbocycles. The van der Waals surface area contributed by atoms with E-state index in [2.05, 4.69) is 10.3 Å². The van der Waals surface area contributed by atoms with Gasteiger partial charge in [-0.25, -0.2) is 4.98 Å². The van der Waals surface area contributed by atoms with Crippen LogP contribution < -0.4 is 5.32 Å². The van der Waals surface area contributed by atoms with Crippen LogP contribution in [0.25, 0.3) is 0 Å². The lowest BCUT2D eigenvalue weighted by Crippen LogP contribution is -2.31. The van der Waals surface area contributed by atoms with Crippen LogP contribution in [0.2, 0.25) is 0 Å². The molecule has 0 atom stereocenters. The summed E-state index contributed by atoms with van der Waals surface area (Å²) in [5.41, 5.74) is 0. The van der Waals surface area contributed by atoms with E-state index in [1.807, 2.05) is 13.8 Å². The minimum absolute atomic E-state index is 0.0585. The monoisotopic (exact) mass is 182 g/mol. The van der Waals surface area contributed by atoms with Gasteiger partial charge in [0.1, 0.15) is 12.2 Å². The molecule has 0 bridgehead atoms. The molecule has 0 unspecified atom stereocenters. The third-order valence-corrected chi connectivity index (χ3v) is 1.43. The highest BCUT2D eigenvalue weighted by Gasteiger charge is 2.08. The van der Waals surface area contributed by atoms with Crippen LogP contribution in [0.3, 0.4) is 0 Å². The van der Waals surface area contributed by atoms with Crippen LogP contribution in [0.5, 0.6) is 0 Å². The molecule has 4 heteroatoms. The summed E-state index contributed by atoms with van der Waals surface area (Å²) in [5, 5.41) is 2.76. The largest absolute Gasteiger partial charge is 0.445 e. The van der Waals surface area contributed by atoms with Gasteiger partial charge in [-0.1, -0.05) is 0 Å². The zero-order valence-electron chi connectivity index (χ0n) is 8.13. The van der Waals surface area contributed by atoms with Crippen molar-refractivity contribution in [2.75, 3.05) is 0 Å². The number of rotatable bonds is 3. The van der Waals surface area contributed by atoms with Crippen LogP contribution in [-0.4, -0.2) is 16.9 Å². The molecule has 1 aromatic heterocycles. The molecule has 72 valence electrons. The van der Waals surface area contributed by atoms with Crippen molar-refractivity contribution in [1.82, 2.24) is 10.3 Å². The van der Waals surface area contributed by atoms with Gasteiger partial charge in [0.05, 0.1) is 6.20 Å². The Labute approximate surface area is 77.3 Å². The smallest absolute Gasteiger partial charge is 0.229 e. The first-order valence-corrected chi connectivity index (χ1v) is 4.28. The predicted octanol–water partition coefficient (Wildman–Crippen LogP) is 1.05. The molecule has 0 saturated heterocycles. The van der Waals surface area contributed by atoms with E-state index in [0.29, 0.717) is 5.89 Å². The van der Waals surface area contributed by atoms with Gasteiger partial charge in [-0.2, -0.15) is 0 Å². The van der Waals surface area contributed by atoms with Gasteiger partial charge in [0, 0.05) is 6.04 Å². The highest BCUT2D eigenvalue weighted by molar-refractivity contribution is 5.77. The molecule has 1 rings (SSSR count). The molecule has 1 N–H and O–H groups in total. The van der Waals surface area contributed by atoms with Crippen molar-refractivity contribution in [1.29, 1.82) is 0 Å². The Morgan fingerprint density at radius 3 is 2.85 bits per heavy atom. The Balaban J connectivity index is 2.45. The third-order valence-electron chi connectivity index (χ3n) is 1.43. The fourth-order valence-corrected chi connectivity index (χ4v) is 0.994. The summed E-state index contributed by atoms with van der Waals surface area (Å²) in [6.45, 7) is 5.63. The molecule has 13 heavy (non-hydrogen) atoms. The normalized spacial score (nSPS) is 10.5. The second kappa shape index (κ2) is 4.07. The maximum atomic E-state index is 11.2. The summed E-state index contributed by atoms with van der Waals surface area (Å²) >= 11 is 0. The van der Waals surface area contributed by atoms with Crippen molar-refractivity contribution in [2.45, 2.75) is 33.2 Å². The molecule has 4 nitrogen and oxygen atoms in total. The van der Waals surface area contributed by atoms with Crippen molar-refractivity contribution in [3.63, 3.8) is 0 Å². The summed E-state index contributed by atoms with van der Waals surface area (Å²) in [6, 6.07) is 0.156. The van der Waals surface area contributed by atoms with E-state index >= 15 is 0 Å². The fourth-order valence-electron chi connectivity index (χ4n) is 0.994. The second-order valence-electron chi connectivity index (χ2n) is 3.26. The summed E-state index contributed by atoms with van der Waals surface area (Å²) in [7, 11) is 0. The third kappa shape index (κ3) is 3.27. The van der Waals surface area contributed by atoms with E-state index in [-0.39, 0.29) is 18.4 Å². The zero-order valence-corrected chi connectivity index (χ0v) is 8.13. The van der Waals surface area contributed by atoms with Gasteiger partial charge in [0.25, 0.3) is 0 Å². The van der Waals surface area contributed by atoms with Gasteiger partial charge in [-0.3, -0.25) is 4.79 Å². The molecule has 0 aliphatic heterocycles. The van der Waals surface area contributed by atoms with Gasteiger partial charge >= 0.3 is 0 Å². The average molecular weight is 182 g/mol. The molecule has 0 saturated carbocycles. The number of nitrogens with one attached hydrogen (secondary N) is 1. The maximum absolute atomic E-state index is 11.2. The SMILES string of the molecule is Cc1cnc(CC(=O)NC(C)C)o1. The molecule has 1 heterocycles. The fraction of sp³-hybridized carbons (Fsp3) is 0.556. The molecular weight excluding hydrogens is 168 g/mol. The lowest BCUT2D eigenvalue weighted by molar-refractivity contribution is -0.121. The van der Waals surface area contributed by atoms with Crippen molar-refractivity contribution in [3.8, 4) is 0 Å². The first-order valence-electron chi connectivity index (χ1n) is 4.28. The van der Waals surface area contributed by atoms with Crippen molar-refractivity contribution in [3.05, 3.63) is 17.8 Å². The molecular formula is C9H14N2O2. The number of hydrogen-bond donors (Lipinski definition) is 1. The minimum atomic E-state index is -0.0585. The maximum Gasteiger partial charge on any atom is 0.229 e. The van der Waals surface area contributed by atoms with Crippen molar-refractivity contribution >= 4 is 5.91 Å². The number of oxazole rings is 1. The molecule has 0 aliphatic carbocycles. The van der Waals surface area contributed by atoms with Crippen LogP contribution in [0.1, 0.15) is 25.5 Å². The van der Waals surface area contributed by atoms with Crippen molar-refractivity contribution < 1.29 is 9.21 Å². The Bertz CT molecular complexity index is 292. The molecule has 0 radical (unpaired) electrons. The first-order chi connectivity index (χ1) is 6.08. The van der Waals surface area contributed by atoms with Crippen LogP contribution in [-0.2, 0) is 11.2 Å². The van der Waals surface area contributed by atoms with Gasteiger partial charge in [-0.05, 0) is 20.8 Å². The van der Waals surface area contributed by atoms with Gasteiger partial charge < -0.3 is 9.73 Å². The van der Waals surface area contributed by atoms with Crippen LogP contribution >= 0.6 is 0 Å². The highest BCUT2D eigenvalue weighted by Crippen LogP contribution is 2.01. The van der Waals surface area contributed by atoms with E-state index in [9.17, 15) is 4.79 Å². The van der Waals surface area contributed by atoms with Crippen LogP contribution in [0.4, 0.5) is 0 Å². The minimum Gasteiger partial charge on any atom is -0.445 e. The molecule has 0 fully saturated rings. The molecule has 0 spiro atoms. The number of hydrogen-bond acceptors (Lipinski definition) is 3. The van der Waals surface area contributed by atoms with Gasteiger partial charge in [-0.15, -0.1) is 0 Å². The number of amides is 1. The van der Waals surface area contributed by atoms with Crippen molar-refractivity contribution in [2.24, 2.45) is 0 Å². The number of aromatic nitrogens is 1. The van der Waals surface area contributed by atoms with E-state index in [1.165, 1.54) is 0 Å². The molecule has 1 aromatic rings.